The number of hydrogen-bond donors (Lipinski definition) is 1. The molecule has 1 aromatic heterocycles. The first-order valence-corrected chi connectivity index (χ1v) is 5.89. The van der Waals surface area contributed by atoms with E-state index in [4.69, 9.17) is 4.74 Å². The van der Waals surface area contributed by atoms with Crippen molar-refractivity contribution in [3.8, 4) is 5.88 Å². The Morgan fingerprint density at radius 2 is 2.11 bits per heavy atom. The predicted molar refractivity (Wildman–Crippen MR) is 66.0 cm³/mol. The third kappa shape index (κ3) is 2.49. The van der Waals surface area contributed by atoms with Crippen LogP contribution in [-0.4, -0.2) is 28.0 Å². The van der Waals surface area contributed by atoms with Crippen molar-refractivity contribution in [1.29, 1.82) is 0 Å². The van der Waals surface area contributed by atoms with Crippen molar-refractivity contribution < 1.29 is 9.66 Å². The molecule has 0 spiro atoms. The van der Waals surface area contributed by atoms with Crippen LogP contribution in [-0.2, 0) is 0 Å². The van der Waals surface area contributed by atoms with E-state index in [1.54, 1.807) is 0 Å². The summed E-state index contributed by atoms with van der Waals surface area (Å²) >= 11 is 0. The number of methoxy groups -OCH3 is 1. The maximum absolute atomic E-state index is 11.1. The molecule has 0 amide bonds. The minimum Gasteiger partial charge on any atom is -0.476 e. The third-order valence-corrected chi connectivity index (χ3v) is 2.61. The van der Waals surface area contributed by atoms with Gasteiger partial charge in [-0.3, -0.25) is 10.1 Å². The van der Waals surface area contributed by atoms with Crippen molar-refractivity contribution >= 4 is 11.5 Å². The summed E-state index contributed by atoms with van der Waals surface area (Å²) in [6, 6.07) is 0.0513. The zero-order valence-corrected chi connectivity index (χ0v) is 10.6. The fourth-order valence-electron chi connectivity index (χ4n) is 1.66. The molecule has 7 heteroatoms. The van der Waals surface area contributed by atoms with Crippen LogP contribution in [0.15, 0.2) is 0 Å². The molecular weight excluding hydrogens is 236 g/mol. The van der Waals surface area contributed by atoms with Crippen molar-refractivity contribution in [1.82, 2.24) is 9.97 Å². The number of rotatable bonds is 5. The maximum Gasteiger partial charge on any atom is 0.372 e. The van der Waals surface area contributed by atoms with Crippen LogP contribution in [0.2, 0.25) is 0 Å². The van der Waals surface area contributed by atoms with E-state index < -0.39 is 4.92 Å². The Kier molecular flexibility index (Phi) is 3.31. The molecule has 18 heavy (non-hydrogen) atoms. The van der Waals surface area contributed by atoms with Crippen molar-refractivity contribution in [2.45, 2.75) is 38.6 Å². The molecular formula is C11H16N4O3. The third-order valence-electron chi connectivity index (χ3n) is 2.61. The van der Waals surface area contributed by atoms with Gasteiger partial charge in [-0.15, -0.1) is 0 Å². The van der Waals surface area contributed by atoms with E-state index in [1.807, 2.05) is 13.8 Å². The second kappa shape index (κ2) is 4.75. The Balaban J connectivity index is 2.49. The van der Waals surface area contributed by atoms with E-state index >= 15 is 0 Å². The van der Waals surface area contributed by atoms with Crippen LogP contribution in [0.25, 0.3) is 0 Å². The van der Waals surface area contributed by atoms with Gasteiger partial charge in [0.2, 0.25) is 5.82 Å². The molecule has 1 aliphatic carbocycles. The zero-order chi connectivity index (χ0) is 13.3. The normalized spacial score (nSPS) is 14.7. The highest BCUT2D eigenvalue weighted by molar-refractivity contribution is 5.62. The number of hydrogen-bond acceptors (Lipinski definition) is 6. The first-order valence-electron chi connectivity index (χ1n) is 5.89. The molecule has 1 saturated carbocycles. The molecule has 0 aliphatic heterocycles. The summed E-state index contributed by atoms with van der Waals surface area (Å²) in [5.74, 6) is 1.21. The minimum atomic E-state index is -0.514. The lowest BCUT2D eigenvalue weighted by molar-refractivity contribution is -0.385. The molecule has 0 radical (unpaired) electrons. The molecule has 0 atom stereocenters. The van der Waals surface area contributed by atoms with E-state index in [0.29, 0.717) is 11.7 Å². The molecule has 0 unspecified atom stereocenters. The fourth-order valence-corrected chi connectivity index (χ4v) is 1.66. The lowest BCUT2D eigenvalue weighted by Crippen LogP contribution is -2.15. The van der Waals surface area contributed by atoms with E-state index in [1.165, 1.54) is 7.11 Å². The van der Waals surface area contributed by atoms with E-state index in [0.717, 1.165) is 12.8 Å². The van der Waals surface area contributed by atoms with Crippen molar-refractivity contribution in [2.24, 2.45) is 0 Å². The average Bonchev–Trinajstić information content (AvgIpc) is 3.10. The zero-order valence-electron chi connectivity index (χ0n) is 10.6. The smallest absolute Gasteiger partial charge is 0.372 e. The van der Waals surface area contributed by atoms with E-state index in [-0.39, 0.29) is 23.4 Å². The minimum absolute atomic E-state index is 0.0278. The van der Waals surface area contributed by atoms with Gasteiger partial charge in [-0.25, -0.2) is 4.98 Å². The Bertz CT molecular complexity index is 472. The molecule has 1 fully saturated rings. The summed E-state index contributed by atoms with van der Waals surface area (Å²) in [6.07, 6.45) is 2.06. The van der Waals surface area contributed by atoms with Crippen LogP contribution < -0.4 is 10.1 Å². The van der Waals surface area contributed by atoms with Gasteiger partial charge in [0.15, 0.2) is 0 Å². The molecule has 1 aliphatic rings. The molecule has 1 N–H and O–H groups in total. The van der Waals surface area contributed by atoms with Crippen molar-refractivity contribution in [3.63, 3.8) is 0 Å². The van der Waals surface area contributed by atoms with Gasteiger partial charge in [0.25, 0.3) is 5.88 Å². The van der Waals surface area contributed by atoms with Gasteiger partial charge in [-0.05, 0) is 26.7 Å². The Hall–Kier alpha value is -1.92. The van der Waals surface area contributed by atoms with Gasteiger partial charge < -0.3 is 10.1 Å². The van der Waals surface area contributed by atoms with Gasteiger partial charge in [0.05, 0.1) is 12.0 Å². The lowest BCUT2D eigenvalue weighted by atomic mass is 10.3. The molecule has 1 heterocycles. The number of aromatic nitrogens is 2. The highest BCUT2D eigenvalue weighted by atomic mass is 16.6. The lowest BCUT2D eigenvalue weighted by Gasteiger charge is -2.12. The van der Waals surface area contributed by atoms with Crippen LogP contribution in [0, 0.1) is 10.1 Å². The molecule has 1 aromatic rings. The first-order chi connectivity index (χ1) is 8.52. The standard InChI is InChI=1S/C11H16N4O3/c1-6(2)12-10-8(15(16)17)11(18-3)14-9(13-10)7-4-5-7/h6-7H,4-5H2,1-3H3,(H,12,13,14). The SMILES string of the molecule is COc1nc(C2CC2)nc(NC(C)C)c1[N+](=O)[O-]. The Labute approximate surface area is 105 Å². The number of nitrogens with one attached hydrogen (secondary N) is 1. The quantitative estimate of drug-likeness (QED) is 0.637. The van der Waals surface area contributed by atoms with Crippen molar-refractivity contribution in [3.05, 3.63) is 15.9 Å². The monoisotopic (exact) mass is 252 g/mol. The number of nitro groups is 1. The summed E-state index contributed by atoms with van der Waals surface area (Å²) < 4.78 is 5.01. The maximum atomic E-state index is 11.1. The highest BCUT2D eigenvalue weighted by Crippen LogP contribution is 2.41. The van der Waals surface area contributed by atoms with Gasteiger partial charge in [0, 0.05) is 12.0 Å². The van der Waals surface area contributed by atoms with E-state index in [2.05, 4.69) is 15.3 Å². The van der Waals surface area contributed by atoms with Crippen LogP contribution in [0.1, 0.15) is 38.4 Å². The van der Waals surface area contributed by atoms with Crippen LogP contribution in [0.5, 0.6) is 5.88 Å². The summed E-state index contributed by atoms with van der Waals surface area (Å²) in [5.41, 5.74) is -0.199. The topological polar surface area (TPSA) is 90.2 Å². The van der Waals surface area contributed by atoms with E-state index in [9.17, 15) is 10.1 Å². The number of anilines is 1. The van der Waals surface area contributed by atoms with Crippen LogP contribution in [0.3, 0.4) is 0 Å². The Morgan fingerprint density at radius 1 is 1.44 bits per heavy atom. The number of ether oxygens (including phenoxy) is 1. The van der Waals surface area contributed by atoms with Crippen LogP contribution in [0.4, 0.5) is 11.5 Å². The highest BCUT2D eigenvalue weighted by Gasteiger charge is 2.32. The fraction of sp³-hybridized carbons (Fsp3) is 0.636. The summed E-state index contributed by atoms with van der Waals surface area (Å²) in [7, 11) is 1.38. The summed E-state index contributed by atoms with van der Waals surface area (Å²) in [4.78, 5) is 19.0. The van der Waals surface area contributed by atoms with Crippen molar-refractivity contribution in [2.75, 3.05) is 12.4 Å². The molecule has 98 valence electrons. The van der Waals surface area contributed by atoms with Gasteiger partial charge in [0.1, 0.15) is 5.82 Å². The molecule has 7 nitrogen and oxygen atoms in total. The summed E-state index contributed by atoms with van der Waals surface area (Å²) in [6.45, 7) is 3.80. The molecule has 2 rings (SSSR count). The first kappa shape index (κ1) is 12.5. The van der Waals surface area contributed by atoms with Gasteiger partial charge in [-0.1, -0.05) is 0 Å². The molecule has 0 bridgehead atoms. The molecule has 0 saturated heterocycles. The number of nitrogens with zero attached hydrogens (tertiary/aromatic N) is 3. The average molecular weight is 252 g/mol. The molecule has 0 aromatic carbocycles. The van der Waals surface area contributed by atoms with Gasteiger partial charge >= 0.3 is 5.69 Å². The predicted octanol–water partition coefficient (Wildman–Crippen LogP) is 2.09. The summed E-state index contributed by atoms with van der Waals surface area (Å²) in [5, 5.41) is 14.1. The van der Waals surface area contributed by atoms with Gasteiger partial charge in [-0.2, -0.15) is 4.98 Å². The second-order valence-corrected chi connectivity index (χ2v) is 4.62. The Morgan fingerprint density at radius 3 is 2.56 bits per heavy atom. The second-order valence-electron chi connectivity index (χ2n) is 4.62. The largest absolute Gasteiger partial charge is 0.476 e. The van der Waals surface area contributed by atoms with Crippen LogP contribution >= 0.6 is 0 Å².